The van der Waals surface area contributed by atoms with Crippen LogP contribution in [0.3, 0.4) is 0 Å². The number of amides is 2. The fourth-order valence-corrected chi connectivity index (χ4v) is 4.44. The van der Waals surface area contributed by atoms with E-state index in [4.69, 9.17) is 16.3 Å². The van der Waals surface area contributed by atoms with E-state index in [1.54, 1.807) is 11.0 Å². The standard InChI is InChI=1S/C31H37ClN2O3/c1-5-6-16-33-31(36)28(19-25-12-8-7-9-13-25)34(20-26-14-10-11-15-27(26)32)30(35)21-37-29-18-22(2)17-23(3)24(29)4/h7-15,17-18,28H,5-6,16,19-21H2,1-4H3,(H,33,36). The van der Waals surface area contributed by atoms with Gasteiger partial charge in [0.2, 0.25) is 5.91 Å². The number of ether oxygens (including phenoxy) is 1. The second kappa shape index (κ2) is 13.8. The van der Waals surface area contributed by atoms with Crippen LogP contribution in [0.2, 0.25) is 5.02 Å². The lowest BCUT2D eigenvalue weighted by atomic mass is 10.0. The van der Waals surface area contributed by atoms with Gasteiger partial charge in [-0.05, 0) is 67.1 Å². The highest BCUT2D eigenvalue weighted by Crippen LogP contribution is 2.24. The number of rotatable bonds is 12. The van der Waals surface area contributed by atoms with Crippen molar-refractivity contribution in [2.75, 3.05) is 13.2 Å². The first-order valence-corrected chi connectivity index (χ1v) is 13.2. The minimum absolute atomic E-state index is 0.179. The van der Waals surface area contributed by atoms with Crippen molar-refractivity contribution in [3.63, 3.8) is 0 Å². The zero-order valence-corrected chi connectivity index (χ0v) is 23.0. The van der Waals surface area contributed by atoms with E-state index in [0.29, 0.717) is 23.7 Å². The molecule has 1 unspecified atom stereocenters. The molecule has 0 aliphatic rings. The van der Waals surface area contributed by atoms with Crippen LogP contribution in [0.1, 0.15) is 47.6 Å². The van der Waals surface area contributed by atoms with Crippen molar-refractivity contribution in [1.29, 1.82) is 0 Å². The molecule has 0 spiro atoms. The molecule has 0 aromatic heterocycles. The SMILES string of the molecule is CCCCNC(=O)C(Cc1ccccc1)N(Cc1ccccc1Cl)C(=O)COc1cc(C)cc(C)c1C. The first-order valence-electron chi connectivity index (χ1n) is 12.8. The van der Waals surface area contributed by atoms with Gasteiger partial charge in [-0.3, -0.25) is 9.59 Å². The lowest BCUT2D eigenvalue weighted by Crippen LogP contribution is -2.51. The van der Waals surface area contributed by atoms with Gasteiger partial charge in [0, 0.05) is 24.5 Å². The number of nitrogens with zero attached hydrogens (tertiary/aromatic N) is 1. The third-order valence-corrected chi connectivity index (χ3v) is 6.88. The Bertz CT molecular complexity index is 1200. The second-order valence-corrected chi connectivity index (χ2v) is 9.86. The molecule has 3 rings (SSSR count). The largest absolute Gasteiger partial charge is 0.483 e. The summed E-state index contributed by atoms with van der Waals surface area (Å²) in [5.41, 5.74) is 4.92. The number of halogens is 1. The molecule has 3 aromatic rings. The average molecular weight is 521 g/mol. The predicted molar refractivity (Wildman–Crippen MR) is 150 cm³/mol. The molecule has 0 saturated carbocycles. The fourth-order valence-electron chi connectivity index (χ4n) is 4.24. The van der Waals surface area contributed by atoms with Crippen molar-refractivity contribution in [3.05, 3.63) is 99.6 Å². The summed E-state index contributed by atoms with van der Waals surface area (Å²) in [6.45, 7) is 8.67. The van der Waals surface area contributed by atoms with E-state index in [1.165, 1.54) is 0 Å². The number of hydrogen-bond donors (Lipinski definition) is 1. The van der Waals surface area contributed by atoms with Gasteiger partial charge in [0.25, 0.3) is 5.91 Å². The molecule has 5 nitrogen and oxygen atoms in total. The molecule has 0 aliphatic heterocycles. The smallest absolute Gasteiger partial charge is 0.261 e. The quantitative estimate of drug-likeness (QED) is 0.289. The third kappa shape index (κ3) is 8.09. The molecule has 0 radical (unpaired) electrons. The maximum atomic E-state index is 13.8. The van der Waals surface area contributed by atoms with E-state index in [-0.39, 0.29) is 25.0 Å². The molecule has 196 valence electrons. The summed E-state index contributed by atoms with van der Waals surface area (Å²) in [4.78, 5) is 28.8. The topological polar surface area (TPSA) is 58.6 Å². The summed E-state index contributed by atoms with van der Waals surface area (Å²) in [5, 5.41) is 3.58. The van der Waals surface area contributed by atoms with Crippen LogP contribution in [-0.4, -0.2) is 35.9 Å². The van der Waals surface area contributed by atoms with Crippen LogP contribution in [0.4, 0.5) is 0 Å². The van der Waals surface area contributed by atoms with E-state index in [2.05, 4.69) is 18.3 Å². The second-order valence-electron chi connectivity index (χ2n) is 9.46. The van der Waals surface area contributed by atoms with Gasteiger partial charge in [-0.25, -0.2) is 0 Å². The van der Waals surface area contributed by atoms with Gasteiger partial charge in [-0.2, -0.15) is 0 Å². The van der Waals surface area contributed by atoms with Crippen LogP contribution >= 0.6 is 11.6 Å². The van der Waals surface area contributed by atoms with Crippen molar-refractivity contribution < 1.29 is 14.3 Å². The zero-order chi connectivity index (χ0) is 26.8. The van der Waals surface area contributed by atoms with E-state index >= 15 is 0 Å². The van der Waals surface area contributed by atoms with Crippen molar-refractivity contribution in [3.8, 4) is 5.75 Å². The van der Waals surface area contributed by atoms with Crippen molar-refractivity contribution >= 4 is 23.4 Å². The fraction of sp³-hybridized carbons (Fsp3) is 0.355. The summed E-state index contributed by atoms with van der Waals surface area (Å²) >= 11 is 6.48. The van der Waals surface area contributed by atoms with Gasteiger partial charge in [0.1, 0.15) is 11.8 Å². The molecule has 0 aliphatic carbocycles. The number of carbonyl (C=O) groups excluding carboxylic acids is 2. The molecule has 2 amide bonds. The summed E-state index contributed by atoms with van der Waals surface area (Å²) in [6, 6.07) is 20.5. The summed E-state index contributed by atoms with van der Waals surface area (Å²) in [5.74, 6) is 0.223. The molecule has 0 saturated heterocycles. The van der Waals surface area contributed by atoms with Crippen molar-refractivity contribution in [2.45, 2.75) is 59.5 Å². The molecular weight excluding hydrogens is 484 g/mol. The first kappa shape index (κ1) is 28.3. The van der Waals surface area contributed by atoms with E-state index in [1.807, 2.05) is 75.4 Å². The third-order valence-electron chi connectivity index (χ3n) is 6.51. The maximum absolute atomic E-state index is 13.8. The number of benzene rings is 3. The van der Waals surface area contributed by atoms with E-state index in [0.717, 1.165) is 40.7 Å². The van der Waals surface area contributed by atoms with E-state index < -0.39 is 6.04 Å². The van der Waals surface area contributed by atoms with Gasteiger partial charge in [0.05, 0.1) is 0 Å². The van der Waals surface area contributed by atoms with Gasteiger partial charge in [0.15, 0.2) is 6.61 Å². The summed E-state index contributed by atoms with van der Waals surface area (Å²) in [6.07, 6.45) is 2.23. The Balaban J connectivity index is 1.93. The van der Waals surface area contributed by atoms with Crippen molar-refractivity contribution in [2.24, 2.45) is 0 Å². The monoisotopic (exact) mass is 520 g/mol. The van der Waals surface area contributed by atoms with E-state index in [9.17, 15) is 9.59 Å². The Hall–Kier alpha value is -3.31. The molecule has 6 heteroatoms. The highest BCUT2D eigenvalue weighted by molar-refractivity contribution is 6.31. The Morgan fingerprint density at radius 2 is 1.70 bits per heavy atom. The Kier molecular flexibility index (Phi) is 10.6. The van der Waals surface area contributed by atoms with Crippen LogP contribution in [-0.2, 0) is 22.6 Å². The summed E-state index contributed by atoms with van der Waals surface area (Å²) in [7, 11) is 0. The minimum atomic E-state index is -0.716. The maximum Gasteiger partial charge on any atom is 0.261 e. The first-order chi connectivity index (χ1) is 17.8. The van der Waals surface area contributed by atoms with Gasteiger partial charge >= 0.3 is 0 Å². The number of aryl methyl sites for hydroxylation is 2. The number of unbranched alkanes of at least 4 members (excludes halogenated alkanes) is 1. The minimum Gasteiger partial charge on any atom is -0.483 e. The van der Waals surface area contributed by atoms with Crippen LogP contribution in [0.5, 0.6) is 5.75 Å². The predicted octanol–water partition coefficient (Wildman–Crippen LogP) is 6.20. The summed E-state index contributed by atoms with van der Waals surface area (Å²) < 4.78 is 6.03. The molecule has 1 atom stereocenters. The Labute approximate surface area is 225 Å². The normalized spacial score (nSPS) is 11.6. The lowest BCUT2D eigenvalue weighted by molar-refractivity contribution is -0.142. The van der Waals surface area contributed by atoms with Crippen LogP contribution < -0.4 is 10.1 Å². The Morgan fingerprint density at radius 3 is 2.41 bits per heavy atom. The lowest BCUT2D eigenvalue weighted by Gasteiger charge is -2.32. The highest BCUT2D eigenvalue weighted by atomic mass is 35.5. The molecule has 0 fully saturated rings. The van der Waals surface area contributed by atoms with Crippen LogP contribution in [0, 0.1) is 20.8 Å². The highest BCUT2D eigenvalue weighted by Gasteiger charge is 2.31. The molecular formula is C31H37ClN2O3. The number of nitrogens with one attached hydrogen (secondary N) is 1. The van der Waals surface area contributed by atoms with Crippen LogP contribution in [0.15, 0.2) is 66.7 Å². The van der Waals surface area contributed by atoms with Gasteiger partial charge in [-0.1, -0.05) is 79.5 Å². The zero-order valence-electron chi connectivity index (χ0n) is 22.2. The van der Waals surface area contributed by atoms with Crippen molar-refractivity contribution in [1.82, 2.24) is 10.2 Å². The average Bonchev–Trinajstić information content (AvgIpc) is 2.88. The van der Waals surface area contributed by atoms with Crippen LogP contribution in [0.25, 0.3) is 0 Å². The molecule has 3 aromatic carbocycles. The molecule has 0 heterocycles. The van der Waals surface area contributed by atoms with Gasteiger partial charge < -0.3 is 15.0 Å². The number of hydrogen-bond acceptors (Lipinski definition) is 3. The molecule has 1 N–H and O–H groups in total. The Morgan fingerprint density at radius 1 is 1.00 bits per heavy atom. The van der Waals surface area contributed by atoms with Gasteiger partial charge in [-0.15, -0.1) is 0 Å². The molecule has 37 heavy (non-hydrogen) atoms. The number of carbonyl (C=O) groups is 2. The molecule has 0 bridgehead atoms.